The standard InChI is InChI=1S/C25H22N2O2/c1-2-7-24-18(5-1)8-11-21(27-24)17-28-22-12-9-19-10-13-23(29-25(19)16-22)15-20-6-3-4-14-26-20/h1-9,11-12,14,16,23H,10,13,15,17H2/t23-/m0/s1. The Morgan fingerprint density at radius 1 is 0.931 bits per heavy atom. The van der Waals surface area contributed by atoms with Gasteiger partial charge in [-0.05, 0) is 48.7 Å². The summed E-state index contributed by atoms with van der Waals surface area (Å²) in [5.74, 6) is 1.72. The first-order valence-electron chi connectivity index (χ1n) is 10.0. The predicted octanol–water partition coefficient (Wildman–Crippen LogP) is 5.15. The molecule has 0 saturated heterocycles. The van der Waals surface area contributed by atoms with Crippen molar-refractivity contribution in [1.29, 1.82) is 0 Å². The van der Waals surface area contributed by atoms with Crippen LogP contribution in [0.15, 0.2) is 79.0 Å². The lowest BCUT2D eigenvalue weighted by Crippen LogP contribution is -2.25. The highest BCUT2D eigenvalue weighted by atomic mass is 16.5. The second-order valence-corrected chi connectivity index (χ2v) is 7.36. The first-order chi connectivity index (χ1) is 14.3. The van der Waals surface area contributed by atoms with Crippen molar-refractivity contribution in [3.05, 3.63) is 95.9 Å². The van der Waals surface area contributed by atoms with Gasteiger partial charge in [0, 0.05) is 29.8 Å². The molecule has 3 heterocycles. The Balaban J connectivity index is 1.27. The predicted molar refractivity (Wildman–Crippen MR) is 113 cm³/mol. The molecular weight excluding hydrogens is 360 g/mol. The lowest BCUT2D eigenvalue weighted by molar-refractivity contribution is 0.171. The average Bonchev–Trinajstić information content (AvgIpc) is 2.78. The summed E-state index contributed by atoms with van der Waals surface area (Å²) in [4.78, 5) is 9.09. The lowest BCUT2D eigenvalue weighted by Gasteiger charge is -2.26. The summed E-state index contributed by atoms with van der Waals surface area (Å²) in [5.41, 5.74) is 4.20. The van der Waals surface area contributed by atoms with Crippen LogP contribution < -0.4 is 9.47 Å². The third kappa shape index (κ3) is 4.06. The van der Waals surface area contributed by atoms with Crippen LogP contribution in [-0.4, -0.2) is 16.1 Å². The Morgan fingerprint density at radius 2 is 1.86 bits per heavy atom. The first-order valence-corrected chi connectivity index (χ1v) is 10.0. The number of hydrogen-bond donors (Lipinski definition) is 0. The molecule has 0 amide bonds. The fourth-order valence-corrected chi connectivity index (χ4v) is 3.74. The van der Waals surface area contributed by atoms with E-state index < -0.39 is 0 Å². The summed E-state index contributed by atoms with van der Waals surface area (Å²) >= 11 is 0. The first kappa shape index (κ1) is 17.7. The summed E-state index contributed by atoms with van der Waals surface area (Å²) < 4.78 is 12.3. The van der Waals surface area contributed by atoms with Crippen LogP contribution in [0.25, 0.3) is 10.9 Å². The normalized spacial score (nSPS) is 15.5. The molecule has 1 aliphatic rings. The fourth-order valence-electron chi connectivity index (χ4n) is 3.74. The van der Waals surface area contributed by atoms with E-state index in [1.165, 1.54) is 5.56 Å². The number of fused-ring (bicyclic) bond motifs is 2. The van der Waals surface area contributed by atoms with Crippen LogP contribution in [0.3, 0.4) is 0 Å². The van der Waals surface area contributed by atoms with Gasteiger partial charge in [0.1, 0.15) is 24.2 Å². The minimum absolute atomic E-state index is 0.148. The minimum atomic E-state index is 0.148. The minimum Gasteiger partial charge on any atom is -0.490 e. The van der Waals surface area contributed by atoms with Crippen molar-refractivity contribution in [2.75, 3.05) is 0 Å². The van der Waals surface area contributed by atoms with Gasteiger partial charge in [-0.3, -0.25) is 4.98 Å². The van der Waals surface area contributed by atoms with Gasteiger partial charge in [-0.15, -0.1) is 0 Å². The Kier molecular flexibility index (Phi) is 4.83. The third-order valence-corrected chi connectivity index (χ3v) is 5.27. The van der Waals surface area contributed by atoms with Crippen LogP contribution in [-0.2, 0) is 19.4 Å². The van der Waals surface area contributed by atoms with Crippen LogP contribution in [0.5, 0.6) is 11.5 Å². The number of nitrogens with zero attached hydrogens (tertiary/aromatic N) is 2. The van der Waals surface area contributed by atoms with Gasteiger partial charge in [0.15, 0.2) is 0 Å². The number of ether oxygens (including phenoxy) is 2. The maximum absolute atomic E-state index is 6.25. The van der Waals surface area contributed by atoms with Crippen LogP contribution in [0.2, 0.25) is 0 Å². The molecule has 4 heteroatoms. The lowest BCUT2D eigenvalue weighted by atomic mass is 9.99. The van der Waals surface area contributed by atoms with E-state index in [0.717, 1.165) is 53.1 Å². The molecule has 4 nitrogen and oxygen atoms in total. The molecule has 1 aliphatic heterocycles. The molecule has 0 aliphatic carbocycles. The van der Waals surface area contributed by atoms with Gasteiger partial charge < -0.3 is 9.47 Å². The molecule has 0 N–H and O–H groups in total. The number of hydrogen-bond acceptors (Lipinski definition) is 4. The molecule has 4 aromatic rings. The maximum atomic E-state index is 6.25. The van der Waals surface area contributed by atoms with Gasteiger partial charge >= 0.3 is 0 Å². The molecule has 29 heavy (non-hydrogen) atoms. The van der Waals surface area contributed by atoms with Gasteiger partial charge in [0.2, 0.25) is 0 Å². The molecule has 2 aromatic heterocycles. The monoisotopic (exact) mass is 382 g/mol. The summed E-state index contributed by atoms with van der Waals surface area (Å²) in [5, 5.41) is 1.14. The Labute approximate surface area is 170 Å². The highest BCUT2D eigenvalue weighted by Crippen LogP contribution is 2.32. The number of para-hydroxylation sites is 1. The SMILES string of the molecule is c1ccc(C[C@@H]2CCc3ccc(OCc4ccc5ccccc5n4)cc3O2)nc1. The van der Waals surface area contributed by atoms with Crippen molar-refractivity contribution in [1.82, 2.24) is 9.97 Å². The van der Waals surface area contributed by atoms with Crippen LogP contribution in [0, 0.1) is 0 Å². The van der Waals surface area contributed by atoms with E-state index in [9.17, 15) is 0 Å². The Bertz CT molecular complexity index is 1130. The number of benzene rings is 2. The molecule has 2 aromatic carbocycles. The highest BCUT2D eigenvalue weighted by Gasteiger charge is 2.21. The zero-order chi connectivity index (χ0) is 19.5. The topological polar surface area (TPSA) is 44.2 Å². The summed E-state index contributed by atoms with van der Waals surface area (Å²) in [6.07, 6.45) is 4.82. The number of aryl methyl sites for hydroxylation is 1. The molecule has 144 valence electrons. The van der Waals surface area contributed by atoms with E-state index in [1.807, 2.05) is 54.7 Å². The number of rotatable bonds is 5. The van der Waals surface area contributed by atoms with Crippen molar-refractivity contribution in [2.45, 2.75) is 32.0 Å². The smallest absolute Gasteiger partial charge is 0.130 e. The zero-order valence-corrected chi connectivity index (χ0v) is 16.1. The zero-order valence-electron chi connectivity index (χ0n) is 16.1. The summed E-state index contributed by atoms with van der Waals surface area (Å²) in [6.45, 7) is 0.432. The maximum Gasteiger partial charge on any atom is 0.130 e. The van der Waals surface area contributed by atoms with Gasteiger partial charge in [-0.2, -0.15) is 0 Å². The van der Waals surface area contributed by atoms with Crippen molar-refractivity contribution in [3.63, 3.8) is 0 Å². The Morgan fingerprint density at radius 3 is 2.79 bits per heavy atom. The van der Waals surface area contributed by atoms with Gasteiger partial charge in [0.25, 0.3) is 0 Å². The molecule has 0 fully saturated rings. The summed E-state index contributed by atoms with van der Waals surface area (Å²) in [7, 11) is 0. The van der Waals surface area contributed by atoms with E-state index in [-0.39, 0.29) is 6.10 Å². The average molecular weight is 382 g/mol. The van der Waals surface area contributed by atoms with E-state index >= 15 is 0 Å². The molecule has 0 bridgehead atoms. The third-order valence-electron chi connectivity index (χ3n) is 5.27. The number of pyridine rings is 2. The van der Waals surface area contributed by atoms with Crippen molar-refractivity contribution >= 4 is 10.9 Å². The van der Waals surface area contributed by atoms with Crippen LogP contribution in [0.1, 0.15) is 23.4 Å². The molecular formula is C25H22N2O2. The number of aromatic nitrogens is 2. The molecule has 0 saturated carbocycles. The van der Waals surface area contributed by atoms with Gasteiger partial charge in [-0.25, -0.2) is 4.98 Å². The van der Waals surface area contributed by atoms with Crippen molar-refractivity contribution in [3.8, 4) is 11.5 Å². The van der Waals surface area contributed by atoms with Crippen molar-refractivity contribution in [2.24, 2.45) is 0 Å². The largest absolute Gasteiger partial charge is 0.490 e. The molecule has 0 radical (unpaired) electrons. The van der Waals surface area contributed by atoms with E-state index in [4.69, 9.17) is 9.47 Å². The van der Waals surface area contributed by atoms with Gasteiger partial charge in [0.05, 0.1) is 11.2 Å². The van der Waals surface area contributed by atoms with Gasteiger partial charge in [-0.1, -0.05) is 36.4 Å². The molecule has 5 rings (SSSR count). The van der Waals surface area contributed by atoms with E-state index in [0.29, 0.717) is 6.61 Å². The quantitative estimate of drug-likeness (QED) is 0.479. The second kappa shape index (κ2) is 7.92. The molecule has 0 spiro atoms. The summed E-state index contributed by atoms with van der Waals surface area (Å²) in [6, 6.07) is 24.3. The van der Waals surface area contributed by atoms with Crippen LogP contribution >= 0.6 is 0 Å². The van der Waals surface area contributed by atoms with E-state index in [1.54, 1.807) is 0 Å². The highest BCUT2D eigenvalue weighted by molar-refractivity contribution is 5.78. The van der Waals surface area contributed by atoms with Crippen LogP contribution in [0.4, 0.5) is 0 Å². The second-order valence-electron chi connectivity index (χ2n) is 7.36. The van der Waals surface area contributed by atoms with E-state index in [2.05, 4.69) is 34.2 Å². The van der Waals surface area contributed by atoms with Crippen molar-refractivity contribution < 1.29 is 9.47 Å². The fraction of sp³-hybridized carbons (Fsp3) is 0.200. The molecule has 1 atom stereocenters. The molecule has 0 unspecified atom stereocenters. The Hall–Kier alpha value is -3.40.